The van der Waals surface area contributed by atoms with E-state index in [2.05, 4.69) is 32.2 Å². The highest BCUT2D eigenvalue weighted by Crippen LogP contribution is 2.18. The molecule has 0 bridgehead atoms. The molecule has 1 fully saturated rings. The number of hydrogen-bond acceptors (Lipinski definition) is 5. The fourth-order valence-corrected chi connectivity index (χ4v) is 2.38. The SMILES string of the molecule is O=C(O)C(F)(F)F.O[C@H]1CCN(Cc2cccc(-c3ncn[nH]3)c2)C1. The third-order valence-electron chi connectivity index (χ3n) is 3.51. The van der Waals surface area contributed by atoms with E-state index < -0.39 is 12.1 Å². The molecule has 1 saturated heterocycles. The van der Waals surface area contributed by atoms with E-state index in [-0.39, 0.29) is 6.10 Å². The predicted octanol–water partition coefficient (Wildman–Crippen LogP) is 1.67. The maximum absolute atomic E-state index is 10.6. The second-order valence-electron chi connectivity index (χ2n) is 5.51. The number of likely N-dealkylation sites (tertiary alicyclic amines) is 1. The number of nitrogens with one attached hydrogen (secondary N) is 1. The Morgan fingerprint density at radius 2 is 2.12 bits per heavy atom. The van der Waals surface area contributed by atoms with E-state index in [9.17, 15) is 18.3 Å². The lowest BCUT2D eigenvalue weighted by Gasteiger charge is -2.15. The Morgan fingerprint density at radius 3 is 2.64 bits per heavy atom. The normalized spacial score (nSPS) is 17.8. The molecule has 0 saturated carbocycles. The number of rotatable bonds is 3. The zero-order valence-electron chi connectivity index (χ0n) is 13.1. The highest BCUT2D eigenvalue weighted by Gasteiger charge is 2.38. The van der Waals surface area contributed by atoms with Crippen molar-refractivity contribution in [2.75, 3.05) is 13.1 Å². The van der Waals surface area contributed by atoms with Crippen LogP contribution in [0.15, 0.2) is 30.6 Å². The zero-order valence-corrected chi connectivity index (χ0v) is 13.1. The lowest BCUT2D eigenvalue weighted by atomic mass is 10.1. The molecule has 1 aromatic carbocycles. The minimum Gasteiger partial charge on any atom is -0.475 e. The molecule has 7 nitrogen and oxygen atoms in total. The summed E-state index contributed by atoms with van der Waals surface area (Å²) in [6, 6.07) is 8.26. The van der Waals surface area contributed by atoms with Gasteiger partial charge in [-0.15, -0.1) is 0 Å². The van der Waals surface area contributed by atoms with Gasteiger partial charge in [-0.2, -0.15) is 18.3 Å². The molecule has 25 heavy (non-hydrogen) atoms. The highest BCUT2D eigenvalue weighted by molar-refractivity contribution is 5.73. The molecule has 0 amide bonds. The molecule has 136 valence electrons. The number of aromatic amines is 1. The molecule has 0 unspecified atom stereocenters. The number of hydrogen-bond donors (Lipinski definition) is 3. The minimum atomic E-state index is -5.08. The van der Waals surface area contributed by atoms with E-state index in [1.165, 1.54) is 11.9 Å². The van der Waals surface area contributed by atoms with E-state index in [0.717, 1.165) is 37.4 Å². The van der Waals surface area contributed by atoms with Gasteiger partial charge in [-0.05, 0) is 18.1 Å². The quantitative estimate of drug-likeness (QED) is 0.771. The third-order valence-corrected chi connectivity index (χ3v) is 3.51. The van der Waals surface area contributed by atoms with Crippen LogP contribution in [0.5, 0.6) is 0 Å². The number of halogens is 3. The molecule has 1 aliphatic rings. The van der Waals surface area contributed by atoms with E-state index in [0.29, 0.717) is 0 Å². The van der Waals surface area contributed by atoms with Gasteiger partial charge in [0.25, 0.3) is 0 Å². The lowest BCUT2D eigenvalue weighted by molar-refractivity contribution is -0.192. The number of β-amino-alcohol motifs (C(OH)–C–C–N with tert-alkyl or cyclic N) is 1. The molecule has 3 N–H and O–H groups in total. The molecular formula is C15H17F3N4O3. The first-order valence-electron chi connectivity index (χ1n) is 7.41. The Kier molecular flexibility index (Phi) is 6.10. The number of carboxylic acid groups (broad SMARTS) is 1. The van der Waals surface area contributed by atoms with Crippen LogP contribution in [0.4, 0.5) is 13.2 Å². The molecule has 1 aromatic heterocycles. The van der Waals surface area contributed by atoms with Crippen molar-refractivity contribution in [2.24, 2.45) is 0 Å². The fraction of sp³-hybridized carbons (Fsp3) is 0.400. The van der Waals surface area contributed by atoms with Crippen molar-refractivity contribution in [1.82, 2.24) is 20.1 Å². The number of aliphatic hydroxyl groups excluding tert-OH is 1. The number of aromatic nitrogens is 3. The van der Waals surface area contributed by atoms with Crippen LogP contribution in [0.1, 0.15) is 12.0 Å². The first-order valence-corrected chi connectivity index (χ1v) is 7.41. The third kappa shape index (κ3) is 5.84. The average Bonchev–Trinajstić information content (AvgIpc) is 3.19. The molecular weight excluding hydrogens is 341 g/mol. The predicted molar refractivity (Wildman–Crippen MR) is 81.4 cm³/mol. The van der Waals surface area contributed by atoms with Crippen molar-refractivity contribution in [3.05, 3.63) is 36.2 Å². The number of alkyl halides is 3. The number of benzene rings is 1. The van der Waals surface area contributed by atoms with Gasteiger partial charge in [-0.25, -0.2) is 9.78 Å². The molecule has 0 radical (unpaired) electrons. The van der Waals surface area contributed by atoms with Crippen LogP contribution < -0.4 is 0 Å². The number of carboxylic acids is 1. The molecule has 1 atom stereocenters. The van der Waals surface area contributed by atoms with Gasteiger partial charge in [0, 0.05) is 25.2 Å². The molecule has 0 aliphatic carbocycles. The van der Waals surface area contributed by atoms with Crippen LogP contribution >= 0.6 is 0 Å². The van der Waals surface area contributed by atoms with Crippen LogP contribution in [0.25, 0.3) is 11.4 Å². The Bertz CT molecular complexity index is 692. The molecule has 10 heteroatoms. The average molecular weight is 358 g/mol. The van der Waals surface area contributed by atoms with Crippen LogP contribution in [-0.2, 0) is 11.3 Å². The molecule has 2 aromatic rings. The van der Waals surface area contributed by atoms with Crippen LogP contribution in [-0.4, -0.2) is 61.6 Å². The number of aliphatic hydroxyl groups is 1. The summed E-state index contributed by atoms with van der Waals surface area (Å²) >= 11 is 0. The van der Waals surface area contributed by atoms with E-state index >= 15 is 0 Å². The molecule has 1 aliphatic heterocycles. The molecule has 2 heterocycles. The van der Waals surface area contributed by atoms with Crippen molar-refractivity contribution < 1.29 is 28.2 Å². The highest BCUT2D eigenvalue weighted by atomic mass is 19.4. The zero-order chi connectivity index (χ0) is 18.4. The summed E-state index contributed by atoms with van der Waals surface area (Å²) in [5, 5.41) is 23.4. The minimum absolute atomic E-state index is 0.164. The maximum Gasteiger partial charge on any atom is 0.490 e. The standard InChI is InChI=1S/C13H16N4O.C2HF3O2/c18-12-4-5-17(8-12)7-10-2-1-3-11(6-10)13-14-9-15-16-13;3-2(4,5)1(6)7/h1-3,6,9,12,18H,4-5,7-8H2,(H,14,15,16);(H,6,7)/t12-;/m0./s1. The van der Waals surface area contributed by atoms with Gasteiger partial charge in [0.05, 0.1) is 6.10 Å². The van der Waals surface area contributed by atoms with Crippen molar-refractivity contribution in [1.29, 1.82) is 0 Å². The largest absolute Gasteiger partial charge is 0.490 e. The second kappa shape index (κ2) is 8.08. The monoisotopic (exact) mass is 358 g/mol. The smallest absolute Gasteiger partial charge is 0.475 e. The number of nitrogens with zero attached hydrogens (tertiary/aromatic N) is 3. The summed E-state index contributed by atoms with van der Waals surface area (Å²) < 4.78 is 31.7. The fourth-order valence-electron chi connectivity index (χ4n) is 2.38. The summed E-state index contributed by atoms with van der Waals surface area (Å²) in [5.41, 5.74) is 2.28. The van der Waals surface area contributed by atoms with Gasteiger partial charge >= 0.3 is 12.1 Å². The van der Waals surface area contributed by atoms with E-state index in [1.54, 1.807) is 0 Å². The van der Waals surface area contributed by atoms with Gasteiger partial charge in [-0.3, -0.25) is 10.00 Å². The Hall–Kier alpha value is -2.46. The van der Waals surface area contributed by atoms with Crippen LogP contribution in [0.2, 0.25) is 0 Å². The second-order valence-corrected chi connectivity index (χ2v) is 5.51. The Balaban J connectivity index is 0.000000277. The topological polar surface area (TPSA) is 102 Å². The van der Waals surface area contributed by atoms with Crippen molar-refractivity contribution in [3.8, 4) is 11.4 Å². The number of aliphatic carboxylic acids is 1. The Morgan fingerprint density at radius 1 is 1.40 bits per heavy atom. The molecule has 0 spiro atoms. The summed E-state index contributed by atoms with van der Waals surface area (Å²) in [5.74, 6) is -1.97. The van der Waals surface area contributed by atoms with Crippen molar-refractivity contribution >= 4 is 5.97 Å². The van der Waals surface area contributed by atoms with E-state index in [1.807, 2.05) is 12.1 Å². The first-order chi connectivity index (χ1) is 11.8. The summed E-state index contributed by atoms with van der Waals surface area (Å²) in [6.45, 7) is 2.61. The van der Waals surface area contributed by atoms with Crippen LogP contribution in [0, 0.1) is 0 Å². The molecule has 3 rings (SSSR count). The first kappa shape index (κ1) is 18.9. The number of carbonyl (C=O) groups is 1. The summed E-state index contributed by atoms with van der Waals surface area (Å²) in [6.07, 6.45) is -2.86. The van der Waals surface area contributed by atoms with Gasteiger partial charge in [0.2, 0.25) is 0 Å². The maximum atomic E-state index is 10.6. The van der Waals surface area contributed by atoms with Crippen LogP contribution in [0.3, 0.4) is 0 Å². The van der Waals surface area contributed by atoms with Gasteiger partial charge in [-0.1, -0.05) is 18.2 Å². The van der Waals surface area contributed by atoms with Gasteiger partial charge in [0.15, 0.2) is 5.82 Å². The number of H-pyrrole nitrogens is 1. The lowest BCUT2D eigenvalue weighted by Crippen LogP contribution is -2.21. The Labute approximate surface area is 141 Å². The van der Waals surface area contributed by atoms with E-state index in [4.69, 9.17) is 9.90 Å². The van der Waals surface area contributed by atoms with Gasteiger partial charge in [0.1, 0.15) is 6.33 Å². The van der Waals surface area contributed by atoms with Crippen molar-refractivity contribution in [2.45, 2.75) is 25.2 Å². The van der Waals surface area contributed by atoms with Crippen molar-refractivity contribution in [3.63, 3.8) is 0 Å². The summed E-state index contributed by atoms with van der Waals surface area (Å²) in [4.78, 5) is 15.3. The van der Waals surface area contributed by atoms with Gasteiger partial charge < -0.3 is 10.2 Å². The summed E-state index contributed by atoms with van der Waals surface area (Å²) in [7, 11) is 0.